The van der Waals surface area contributed by atoms with Gasteiger partial charge >= 0.3 is 5.69 Å². The van der Waals surface area contributed by atoms with Crippen LogP contribution in [0.4, 0.5) is 11.5 Å². The summed E-state index contributed by atoms with van der Waals surface area (Å²) in [6, 6.07) is 6.55. The Morgan fingerprint density at radius 2 is 1.73 bits per heavy atom. The van der Waals surface area contributed by atoms with E-state index in [0.29, 0.717) is 23.4 Å². The minimum absolute atomic E-state index is 0.162. The molecule has 1 aromatic carbocycles. The van der Waals surface area contributed by atoms with Gasteiger partial charge in [0.15, 0.2) is 17.3 Å². The van der Waals surface area contributed by atoms with Gasteiger partial charge in [-0.25, -0.2) is 4.79 Å². The lowest BCUT2D eigenvalue weighted by Crippen LogP contribution is -2.36. The van der Waals surface area contributed by atoms with Crippen LogP contribution in [0.3, 0.4) is 0 Å². The second kappa shape index (κ2) is 12.4. The van der Waals surface area contributed by atoms with Crippen molar-refractivity contribution in [1.29, 1.82) is 0 Å². The number of aromatic nitrogens is 2. The van der Waals surface area contributed by atoms with Crippen molar-refractivity contribution in [3.63, 3.8) is 0 Å². The van der Waals surface area contributed by atoms with E-state index in [2.05, 4.69) is 32.7 Å². The SMILES string of the molecule is NCCCN(CCCN)CC1CCC(n2cc3c(nc2=O)Nc2cc(C4CCNCC4)ccc2O3)CC1. The Morgan fingerprint density at radius 1 is 1.00 bits per heavy atom. The molecule has 2 aromatic rings. The monoisotopic (exact) mass is 509 g/mol. The highest BCUT2D eigenvalue weighted by Crippen LogP contribution is 2.43. The predicted molar refractivity (Wildman–Crippen MR) is 148 cm³/mol. The van der Waals surface area contributed by atoms with Crippen molar-refractivity contribution in [3.8, 4) is 11.5 Å². The molecule has 5 rings (SSSR count). The lowest BCUT2D eigenvalue weighted by molar-refractivity contribution is 0.178. The van der Waals surface area contributed by atoms with Gasteiger partial charge in [-0.05, 0) is 120 Å². The predicted octanol–water partition coefficient (Wildman–Crippen LogP) is 3.29. The average molecular weight is 510 g/mol. The average Bonchev–Trinajstić information content (AvgIpc) is 2.93. The third-order valence-corrected chi connectivity index (χ3v) is 8.29. The van der Waals surface area contributed by atoms with Crippen molar-refractivity contribution < 1.29 is 4.74 Å². The van der Waals surface area contributed by atoms with E-state index in [9.17, 15) is 4.79 Å². The Labute approximate surface area is 220 Å². The summed E-state index contributed by atoms with van der Waals surface area (Å²) in [5.41, 5.74) is 13.5. The zero-order valence-electron chi connectivity index (χ0n) is 22.0. The summed E-state index contributed by atoms with van der Waals surface area (Å²) < 4.78 is 8.03. The van der Waals surface area contributed by atoms with Gasteiger partial charge in [-0.2, -0.15) is 4.98 Å². The second-order valence-electron chi connectivity index (χ2n) is 10.9. The number of piperidine rings is 1. The van der Waals surface area contributed by atoms with Crippen LogP contribution in [0.5, 0.6) is 11.5 Å². The third kappa shape index (κ3) is 6.34. The van der Waals surface area contributed by atoms with Gasteiger partial charge in [0.25, 0.3) is 0 Å². The number of nitrogens with two attached hydrogens (primary N) is 2. The van der Waals surface area contributed by atoms with Crippen LogP contribution in [0.2, 0.25) is 0 Å². The van der Waals surface area contributed by atoms with E-state index < -0.39 is 0 Å². The molecule has 9 nitrogen and oxygen atoms in total. The van der Waals surface area contributed by atoms with Crippen LogP contribution < -0.4 is 32.5 Å². The standard InChI is InChI=1S/C28H43N7O2/c29-11-1-15-34(16-2-12-30)18-20-3-6-23(7-4-20)35-19-26-27(33-28(35)36)32-24-17-22(5-8-25(24)37-26)21-9-13-31-14-10-21/h5,8,17,19-21,23,31H,1-4,6-7,9-16,18,29-30H2,(H,32,33,36). The highest BCUT2D eigenvalue weighted by atomic mass is 16.5. The van der Waals surface area contributed by atoms with Crippen molar-refractivity contribution in [2.24, 2.45) is 17.4 Å². The molecular weight excluding hydrogens is 466 g/mol. The summed E-state index contributed by atoms with van der Waals surface area (Å²) in [5.74, 6) is 3.13. The van der Waals surface area contributed by atoms with E-state index in [1.165, 1.54) is 5.56 Å². The van der Waals surface area contributed by atoms with Gasteiger partial charge in [0, 0.05) is 12.6 Å². The molecular formula is C28H43N7O2. The number of rotatable bonds is 10. The summed E-state index contributed by atoms with van der Waals surface area (Å²) in [6.45, 7) is 6.72. The van der Waals surface area contributed by atoms with Gasteiger partial charge < -0.3 is 31.7 Å². The Morgan fingerprint density at radius 3 is 2.43 bits per heavy atom. The zero-order valence-corrected chi connectivity index (χ0v) is 22.0. The van der Waals surface area contributed by atoms with E-state index in [1.54, 1.807) is 4.57 Å². The largest absolute Gasteiger partial charge is 0.450 e. The normalized spacial score (nSPS) is 21.7. The van der Waals surface area contributed by atoms with Crippen molar-refractivity contribution in [2.75, 3.05) is 51.1 Å². The maximum Gasteiger partial charge on any atom is 0.350 e. The molecule has 2 aliphatic heterocycles. The molecule has 1 saturated heterocycles. The summed E-state index contributed by atoms with van der Waals surface area (Å²) in [6.07, 6.45) is 10.4. The Kier molecular flexibility index (Phi) is 8.76. The van der Waals surface area contributed by atoms with Crippen LogP contribution in [0.1, 0.15) is 68.9 Å². The molecule has 0 amide bonds. The van der Waals surface area contributed by atoms with Crippen LogP contribution >= 0.6 is 0 Å². The first kappa shape index (κ1) is 26.2. The topological polar surface area (TPSA) is 123 Å². The van der Waals surface area contributed by atoms with Crippen molar-refractivity contribution in [1.82, 2.24) is 19.8 Å². The molecule has 1 aliphatic carbocycles. The molecule has 1 aromatic heterocycles. The number of fused-ring (bicyclic) bond motifs is 2. The first-order valence-electron chi connectivity index (χ1n) is 14.2. The molecule has 0 unspecified atom stereocenters. The van der Waals surface area contributed by atoms with Crippen LogP contribution in [-0.4, -0.2) is 60.3 Å². The Hall–Kier alpha value is -2.46. The number of anilines is 2. The number of ether oxygens (including phenoxy) is 1. The summed E-state index contributed by atoms with van der Waals surface area (Å²) in [7, 11) is 0. The molecule has 202 valence electrons. The van der Waals surface area contributed by atoms with Gasteiger partial charge in [0.05, 0.1) is 11.9 Å². The number of nitrogens with one attached hydrogen (secondary N) is 2. The fourth-order valence-corrected chi connectivity index (χ4v) is 6.16. The quantitative estimate of drug-likeness (QED) is 0.328. The van der Waals surface area contributed by atoms with Gasteiger partial charge in [-0.3, -0.25) is 4.57 Å². The number of hydrogen-bond acceptors (Lipinski definition) is 8. The van der Waals surface area contributed by atoms with Gasteiger partial charge in [0.1, 0.15) is 0 Å². The summed E-state index contributed by atoms with van der Waals surface area (Å²) in [4.78, 5) is 19.9. The summed E-state index contributed by atoms with van der Waals surface area (Å²) in [5, 5.41) is 6.79. The van der Waals surface area contributed by atoms with Gasteiger partial charge in [-0.15, -0.1) is 0 Å². The maximum absolute atomic E-state index is 13.0. The fourth-order valence-electron chi connectivity index (χ4n) is 6.16. The first-order valence-corrected chi connectivity index (χ1v) is 14.2. The molecule has 6 N–H and O–H groups in total. The number of hydrogen-bond donors (Lipinski definition) is 4. The van der Waals surface area contributed by atoms with E-state index in [0.717, 1.165) is 109 Å². The highest BCUT2D eigenvalue weighted by molar-refractivity contribution is 5.73. The van der Waals surface area contributed by atoms with Crippen molar-refractivity contribution >= 4 is 11.5 Å². The van der Waals surface area contributed by atoms with Gasteiger partial charge in [0.2, 0.25) is 0 Å². The lowest BCUT2D eigenvalue weighted by Gasteiger charge is -2.33. The molecule has 0 radical (unpaired) electrons. The Bertz CT molecular complexity index is 1080. The molecule has 3 heterocycles. The van der Waals surface area contributed by atoms with Crippen LogP contribution in [-0.2, 0) is 0 Å². The van der Waals surface area contributed by atoms with Crippen LogP contribution in [0.15, 0.2) is 29.2 Å². The molecule has 9 heteroatoms. The van der Waals surface area contributed by atoms with Crippen molar-refractivity contribution in [3.05, 3.63) is 40.4 Å². The number of benzene rings is 1. The molecule has 1 saturated carbocycles. The molecule has 0 spiro atoms. The minimum Gasteiger partial charge on any atom is -0.450 e. The number of nitrogens with zero attached hydrogens (tertiary/aromatic N) is 3. The molecule has 37 heavy (non-hydrogen) atoms. The third-order valence-electron chi connectivity index (χ3n) is 8.29. The minimum atomic E-state index is -0.205. The smallest absolute Gasteiger partial charge is 0.350 e. The van der Waals surface area contributed by atoms with E-state index >= 15 is 0 Å². The second-order valence-corrected chi connectivity index (χ2v) is 10.9. The van der Waals surface area contributed by atoms with Crippen LogP contribution in [0, 0.1) is 5.92 Å². The Balaban J connectivity index is 1.22. The molecule has 0 bridgehead atoms. The van der Waals surface area contributed by atoms with E-state index in [1.807, 2.05) is 12.3 Å². The lowest BCUT2D eigenvalue weighted by atomic mass is 9.85. The van der Waals surface area contributed by atoms with Crippen LogP contribution in [0.25, 0.3) is 0 Å². The molecule has 2 fully saturated rings. The molecule has 0 atom stereocenters. The highest BCUT2D eigenvalue weighted by Gasteiger charge is 2.27. The van der Waals surface area contributed by atoms with E-state index in [-0.39, 0.29) is 11.7 Å². The van der Waals surface area contributed by atoms with Crippen molar-refractivity contribution in [2.45, 2.75) is 63.3 Å². The maximum atomic E-state index is 13.0. The molecule has 3 aliphatic rings. The summed E-state index contributed by atoms with van der Waals surface area (Å²) >= 11 is 0. The fraction of sp³-hybridized carbons (Fsp3) is 0.643. The first-order chi connectivity index (χ1) is 18.1. The zero-order chi connectivity index (χ0) is 25.6. The van der Waals surface area contributed by atoms with E-state index in [4.69, 9.17) is 16.2 Å². The van der Waals surface area contributed by atoms with Gasteiger partial charge in [-0.1, -0.05) is 6.07 Å².